The summed E-state index contributed by atoms with van der Waals surface area (Å²) >= 11 is 4.38. The maximum Gasteiger partial charge on any atom is 0.310 e. The summed E-state index contributed by atoms with van der Waals surface area (Å²) < 4.78 is 24.2. The first-order valence-electron chi connectivity index (χ1n) is 3.11. The molecule has 0 atom stereocenters. The van der Waals surface area contributed by atoms with Crippen LogP contribution in [0.25, 0.3) is 0 Å². The van der Waals surface area contributed by atoms with Crippen LogP contribution in [0.5, 0.6) is 0 Å². The van der Waals surface area contributed by atoms with Crippen LogP contribution < -0.4 is 0 Å². The molecule has 13 heavy (non-hydrogen) atoms. The number of aliphatic hydroxyl groups excluding tert-OH is 2. The van der Waals surface area contributed by atoms with Gasteiger partial charge < -0.3 is 10.2 Å². The van der Waals surface area contributed by atoms with Crippen molar-refractivity contribution in [3.8, 4) is 0 Å². The highest BCUT2D eigenvalue weighted by Crippen LogP contribution is 1.97. The van der Waals surface area contributed by atoms with E-state index in [-0.39, 0.29) is 0 Å². The van der Waals surface area contributed by atoms with Crippen LogP contribution in [0.15, 0.2) is 9.39 Å². The van der Waals surface area contributed by atoms with E-state index in [1.165, 1.54) is 0 Å². The zero-order chi connectivity index (χ0) is 10.3. The summed E-state index contributed by atoms with van der Waals surface area (Å²) in [6.45, 7) is -0.898. The van der Waals surface area contributed by atoms with Gasteiger partial charge in [-0.2, -0.15) is 12.8 Å². The summed E-state index contributed by atoms with van der Waals surface area (Å²) in [5.41, 5.74) is 0. The van der Waals surface area contributed by atoms with Gasteiger partial charge in [-0.15, -0.1) is 0 Å². The fourth-order valence-electron chi connectivity index (χ4n) is 0.359. The second kappa shape index (κ2) is 5.86. The van der Waals surface area contributed by atoms with Crippen molar-refractivity contribution >= 4 is 39.0 Å². The Kier molecular flexibility index (Phi) is 5.55. The molecule has 0 unspecified atom stereocenters. The predicted octanol–water partition coefficient (Wildman–Crippen LogP) is -1.27. The van der Waals surface area contributed by atoms with E-state index < -0.39 is 27.6 Å². The number of aliphatic hydroxyl groups is 2. The SMILES string of the molecule is O=S(=O)(N=CCO)C(=S)N=CCO. The van der Waals surface area contributed by atoms with E-state index in [2.05, 4.69) is 21.6 Å². The molecule has 8 heteroatoms. The Balaban J connectivity index is 4.57. The molecular formula is C5H8N2O4S2. The largest absolute Gasteiger partial charge is 0.391 e. The minimum Gasteiger partial charge on any atom is -0.391 e. The van der Waals surface area contributed by atoms with E-state index in [4.69, 9.17) is 10.2 Å². The topological polar surface area (TPSA) is 99.3 Å². The van der Waals surface area contributed by atoms with Gasteiger partial charge in [-0.25, -0.2) is 4.99 Å². The zero-order valence-electron chi connectivity index (χ0n) is 6.49. The van der Waals surface area contributed by atoms with Crippen LogP contribution in [0.4, 0.5) is 0 Å². The summed E-state index contributed by atoms with van der Waals surface area (Å²) in [6.07, 6.45) is 1.73. The minimum absolute atomic E-state index is 0.403. The van der Waals surface area contributed by atoms with Crippen LogP contribution in [0.1, 0.15) is 0 Å². The van der Waals surface area contributed by atoms with Gasteiger partial charge >= 0.3 is 10.0 Å². The van der Waals surface area contributed by atoms with Gasteiger partial charge in [0.15, 0.2) is 0 Å². The Morgan fingerprint density at radius 3 is 2.31 bits per heavy atom. The molecule has 0 aliphatic carbocycles. The molecule has 0 rings (SSSR count). The van der Waals surface area contributed by atoms with Crippen LogP contribution >= 0.6 is 12.2 Å². The highest BCUT2D eigenvalue weighted by molar-refractivity contribution is 8.16. The van der Waals surface area contributed by atoms with Crippen molar-refractivity contribution in [2.45, 2.75) is 0 Å². The third-order valence-electron chi connectivity index (χ3n) is 0.794. The van der Waals surface area contributed by atoms with Gasteiger partial charge in [0.1, 0.15) is 0 Å². The summed E-state index contributed by atoms with van der Waals surface area (Å²) in [5.74, 6) is 0. The van der Waals surface area contributed by atoms with Crippen LogP contribution in [-0.2, 0) is 10.0 Å². The Labute approximate surface area is 80.7 Å². The Bertz CT molecular complexity index is 319. The van der Waals surface area contributed by atoms with Crippen molar-refractivity contribution in [3.05, 3.63) is 0 Å². The average Bonchev–Trinajstić information content (AvgIpc) is 2.10. The third kappa shape index (κ3) is 4.78. The van der Waals surface area contributed by atoms with E-state index in [9.17, 15) is 8.42 Å². The van der Waals surface area contributed by atoms with Crippen molar-refractivity contribution in [2.75, 3.05) is 13.2 Å². The maximum atomic E-state index is 10.9. The van der Waals surface area contributed by atoms with E-state index in [0.29, 0.717) is 0 Å². The van der Waals surface area contributed by atoms with Gasteiger partial charge in [-0.1, -0.05) is 0 Å². The van der Waals surface area contributed by atoms with E-state index in [1.807, 2.05) is 0 Å². The highest BCUT2D eigenvalue weighted by Gasteiger charge is 2.13. The van der Waals surface area contributed by atoms with Crippen LogP contribution in [0.2, 0.25) is 0 Å². The fraction of sp³-hybridized carbons (Fsp3) is 0.400. The quantitative estimate of drug-likeness (QED) is 0.460. The lowest BCUT2D eigenvalue weighted by molar-refractivity contribution is 0.361. The maximum absolute atomic E-state index is 10.9. The van der Waals surface area contributed by atoms with Gasteiger partial charge in [0.05, 0.1) is 13.2 Å². The van der Waals surface area contributed by atoms with E-state index in [0.717, 1.165) is 12.4 Å². The predicted molar refractivity (Wildman–Crippen MR) is 52.7 cm³/mol. The number of nitrogens with zero attached hydrogens (tertiary/aromatic N) is 2. The summed E-state index contributed by atoms with van der Waals surface area (Å²) in [5, 5.41) is 16.5. The first-order valence-corrected chi connectivity index (χ1v) is 4.96. The molecule has 74 valence electrons. The van der Waals surface area contributed by atoms with E-state index in [1.54, 1.807) is 0 Å². The molecule has 2 N–H and O–H groups in total. The summed E-state index contributed by atoms with van der Waals surface area (Å²) in [4.78, 5) is 3.24. The lowest BCUT2D eigenvalue weighted by Crippen LogP contribution is -2.08. The Morgan fingerprint density at radius 1 is 1.31 bits per heavy atom. The van der Waals surface area contributed by atoms with Gasteiger partial charge in [-0.3, -0.25) is 0 Å². The van der Waals surface area contributed by atoms with Crippen molar-refractivity contribution < 1.29 is 18.6 Å². The highest BCUT2D eigenvalue weighted by atomic mass is 32.2. The first kappa shape index (κ1) is 12.3. The normalized spacial score (nSPS) is 12.8. The minimum atomic E-state index is -3.96. The number of hydrogen-bond donors (Lipinski definition) is 2. The number of rotatable bonds is 3. The van der Waals surface area contributed by atoms with Crippen molar-refractivity contribution in [3.63, 3.8) is 0 Å². The molecule has 0 bridgehead atoms. The molecule has 0 aromatic rings. The molecular weight excluding hydrogens is 216 g/mol. The third-order valence-corrected chi connectivity index (χ3v) is 2.50. The van der Waals surface area contributed by atoms with Crippen LogP contribution in [-0.4, -0.2) is 48.6 Å². The molecule has 0 aromatic carbocycles. The lowest BCUT2D eigenvalue weighted by Gasteiger charge is -1.92. The molecule has 0 heterocycles. The van der Waals surface area contributed by atoms with E-state index >= 15 is 0 Å². The molecule has 0 fully saturated rings. The van der Waals surface area contributed by atoms with Crippen molar-refractivity contribution in [2.24, 2.45) is 9.39 Å². The molecule has 0 saturated carbocycles. The number of sulfonamides is 1. The molecule has 6 nitrogen and oxygen atoms in total. The van der Waals surface area contributed by atoms with Crippen molar-refractivity contribution in [1.29, 1.82) is 0 Å². The van der Waals surface area contributed by atoms with Gasteiger partial charge in [0.2, 0.25) is 4.32 Å². The average molecular weight is 224 g/mol. The van der Waals surface area contributed by atoms with Crippen LogP contribution in [0.3, 0.4) is 0 Å². The second-order valence-electron chi connectivity index (χ2n) is 1.71. The Hall–Kier alpha value is -0.700. The monoisotopic (exact) mass is 224 g/mol. The number of thiocarbonyl (C=S) groups is 1. The molecule has 0 radical (unpaired) electrons. The Morgan fingerprint density at radius 2 is 1.85 bits per heavy atom. The molecule has 0 spiro atoms. The van der Waals surface area contributed by atoms with Gasteiger partial charge in [-0.05, 0) is 12.2 Å². The first-order chi connectivity index (χ1) is 6.04. The van der Waals surface area contributed by atoms with Crippen molar-refractivity contribution in [1.82, 2.24) is 0 Å². The zero-order valence-corrected chi connectivity index (χ0v) is 8.12. The molecule has 0 aliphatic rings. The van der Waals surface area contributed by atoms with Crippen LogP contribution in [0, 0.1) is 0 Å². The fourth-order valence-corrected chi connectivity index (χ4v) is 1.12. The summed E-state index contributed by atoms with van der Waals surface area (Å²) in [7, 11) is -3.96. The number of aliphatic imine (C=N–C) groups is 1. The number of hydrogen-bond acceptors (Lipinski definition) is 5. The molecule has 0 aliphatic heterocycles. The smallest absolute Gasteiger partial charge is 0.310 e. The second-order valence-corrected chi connectivity index (χ2v) is 3.90. The van der Waals surface area contributed by atoms with Gasteiger partial charge in [0.25, 0.3) is 0 Å². The summed E-state index contributed by atoms with van der Waals surface area (Å²) in [6, 6.07) is 0. The standard InChI is InChI=1S/C5H8N2O4S2/c8-3-1-6-5(12)13(10,11)7-2-4-9/h1-2,8-9H,3-4H2. The molecule has 0 amide bonds. The van der Waals surface area contributed by atoms with Gasteiger partial charge in [0, 0.05) is 12.4 Å². The lowest BCUT2D eigenvalue weighted by atomic mass is 10.8. The molecule has 0 saturated heterocycles. The molecule has 0 aromatic heterocycles.